The maximum absolute atomic E-state index is 11.9. The summed E-state index contributed by atoms with van der Waals surface area (Å²) < 4.78 is 12.6. The topological polar surface area (TPSA) is 35.5 Å². The lowest BCUT2D eigenvalue weighted by molar-refractivity contribution is -0.145. The van der Waals surface area contributed by atoms with Gasteiger partial charge in [0.15, 0.2) is 8.32 Å². The van der Waals surface area contributed by atoms with Crippen LogP contribution in [0.15, 0.2) is 48.6 Å². The van der Waals surface area contributed by atoms with Crippen LogP contribution in [-0.4, -0.2) is 42.1 Å². The molecule has 6 heteroatoms. The van der Waals surface area contributed by atoms with E-state index < -0.39 is 8.32 Å². The zero-order valence-electron chi connectivity index (χ0n) is 20.1. The Morgan fingerprint density at radius 2 is 1.91 bits per heavy atom. The monoisotopic (exact) mass is 490 g/mol. The lowest BCUT2D eigenvalue weighted by atomic mass is 10.0. The Bertz CT molecular complexity index is 808. The Kier molecular flexibility index (Phi) is 8.81. The van der Waals surface area contributed by atoms with Gasteiger partial charge < -0.3 is 9.16 Å². The van der Waals surface area contributed by atoms with E-state index in [4.69, 9.17) is 9.16 Å². The first kappa shape index (κ1) is 25.7. The number of carbonyl (C=O) groups excluding carboxylic acids is 1. The second-order valence-electron chi connectivity index (χ2n) is 10.2. The third kappa shape index (κ3) is 7.27. The molecule has 1 aromatic rings. The second kappa shape index (κ2) is 11.0. The van der Waals surface area contributed by atoms with Crippen LogP contribution in [0.3, 0.4) is 0 Å². The van der Waals surface area contributed by atoms with Crippen molar-refractivity contribution >= 4 is 43.9 Å². The van der Waals surface area contributed by atoms with E-state index in [1.807, 2.05) is 29.6 Å². The molecule has 1 saturated heterocycles. The van der Waals surface area contributed by atoms with Crippen LogP contribution >= 0.6 is 23.5 Å². The third-order valence-corrected chi connectivity index (χ3v) is 14.4. The van der Waals surface area contributed by atoms with Gasteiger partial charge in [-0.2, -0.15) is 0 Å². The maximum atomic E-state index is 11.9. The summed E-state index contributed by atoms with van der Waals surface area (Å²) in [4.78, 5) is 11.9. The zero-order chi connectivity index (χ0) is 23.2. The normalized spacial score (nSPS) is 22.7. The molecule has 0 N–H and O–H groups in total. The van der Waals surface area contributed by atoms with Crippen molar-refractivity contribution in [2.45, 2.75) is 80.9 Å². The molecule has 0 unspecified atom stereocenters. The van der Waals surface area contributed by atoms with Gasteiger partial charge in [0.2, 0.25) is 0 Å². The summed E-state index contributed by atoms with van der Waals surface area (Å²) >= 11 is 4.09. The number of esters is 1. The highest BCUT2D eigenvalue weighted by Crippen LogP contribution is 2.49. The summed E-state index contributed by atoms with van der Waals surface area (Å²) in [5.41, 5.74) is 1.23. The first-order valence-corrected chi connectivity index (χ1v) is 16.5. The highest BCUT2D eigenvalue weighted by Gasteiger charge is 2.42. The van der Waals surface area contributed by atoms with Gasteiger partial charge in [0.1, 0.15) is 6.10 Å². The standard InChI is InChI=1S/C26H38O3S2Si/c1-25(2,3)32(4,5)29-23(19-22-13-9-14-24(27)28-22)20-26(30-17-10-18-31-26)16-15-21-11-7-6-8-12-21/h6-9,11-12,14-16,22-23H,10,13,17-20H2,1-5H3/b16-15+/t22-,23+/m1/s1. The Hall–Kier alpha value is -0.953. The molecule has 0 spiro atoms. The third-order valence-electron chi connectivity index (χ3n) is 6.55. The molecule has 32 heavy (non-hydrogen) atoms. The summed E-state index contributed by atoms with van der Waals surface area (Å²) in [5, 5.41) is 0.133. The van der Waals surface area contributed by atoms with Crippen molar-refractivity contribution in [1.82, 2.24) is 0 Å². The van der Waals surface area contributed by atoms with Crippen LogP contribution in [0.1, 0.15) is 52.0 Å². The van der Waals surface area contributed by atoms with Crippen LogP contribution in [0, 0.1) is 0 Å². The number of rotatable bonds is 8. The van der Waals surface area contributed by atoms with Crippen LogP contribution in [0.5, 0.6) is 0 Å². The summed E-state index contributed by atoms with van der Waals surface area (Å²) in [5.74, 6) is 2.10. The Morgan fingerprint density at radius 3 is 2.53 bits per heavy atom. The fourth-order valence-corrected chi connectivity index (χ4v) is 8.34. The molecule has 0 aliphatic carbocycles. The van der Waals surface area contributed by atoms with Crippen molar-refractivity contribution in [3.05, 3.63) is 54.1 Å². The van der Waals surface area contributed by atoms with Crippen molar-refractivity contribution < 1.29 is 14.0 Å². The minimum Gasteiger partial charge on any atom is -0.459 e. The van der Waals surface area contributed by atoms with Crippen LogP contribution < -0.4 is 0 Å². The largest absolute Gasteiger partial charge is 0.459 e. The molecule has 1 fully saturated rings. The lowest BCUT2D eigenvalue weighted by Gasteiger charge is -2.43. The van der Waals surface area contributed by atoms with E-state index in [0.29, 0.717) is 0 Å². The van der Waals surface area contributed by atoms with E-state index in [-0.39, 0.29) is 27.3 Å². The van der Waals surface area contributed by atoms with Crippen LogP contribution in [0.4, 0.5) is 0 Å². The van der Waals surface area contributed by atoms with E-state index in [1.54, 1.807) is 0 Å². The zero-order valence-corrected chi connectivity index (χ0v) is 22.8. The van der Waals surface area contributed by atoms with E-state index in [0.717, 1.165) is 19.3 Å². The van der Waals surface area contributed by atoms with Crippen molar-refractivity contribution in [3.8, 4) is 0 Å². The van der Waals surface area contributed by atoms with Gasteiger partial charge in [-0.3, -0.25) is 0 Å². The van der Waals surface area contributed by atoms with Crippen molar-refractivity contribution in [1.29, 1.82) is 0 Å². The number of cyclic esters (lactones) is 1. The lowest BCUT2D eigenvalue weighted by Crippen LogP contribution is -2.46. The number of carbonyl (C=O) groups is 1. The summed E-state index contributed by atoms with van der Waals surface area (Å²) in [6.07, 6.45) is 11.8. The van der Waals surface area contributed by atoms with Gasteiger partial charge in [-0.25, -0.2) is 4.79 Å². The van der Waals surface area contributed by atoms with Crippen molar-refractivity contribution in [2.75, 3.05) is 11.5 Å². The first-order chi connectivity index (χ1) is 15.1. The first-order valence-electron chi connectivity index (χ1n) is 11.7. The van der Waals surface area contributed by atoms with E-state index in [1.165, 1.54) is 29.6 Å². The summed E-state index contributed by atoms with van der Waals surface area (Å²) in [7, 11) is -1.97. The average Bonchev–Trinajstić information content (AvgIpc) is 2.73. The fraction of sp³-hybridized carbons (Fsp3) is 0.577. The number of ether oxygens (including phenoxy) is 1. The SMILES string of the molecule is CC(C)(C)[Si](C)(C)O[C@@H](C[C@H]1CC=CC(=O)O1)CC1(/C=C/c2ccccc2)SCCCS1. The average molecular weight is 491 g/mol. The molecular formula is C26H38O3S2Si. The maximum Gasteiger partial charge on any atom is 0.330 e. The van der Waals surface area contributed by atoms with Gasteiger partial charge in [0.05, 0.1) is 10.2 Å². The van der Waals surface area contributed by atoms with Gasteiger partial charge in [-0.05, 0) is 48.0 Å². The molecule has 0 saturated carbocycles. The second-order valence-corrected chi connectivity index (χ2v) is 18.1. The van der Waals surface area contributed by atoms with Crippen LogP contribution in [-0.2, 0) is 14.0 Å². The highest BCUT2D eigenvalue weighted by atomic mass is 32.2. The molecule has 2 aliphatic heterocycles. The van der Waals surface area contributed by atoms with Crippen molar-refractivity contribution in [2.24, 2.45) is 0 Å². The van der Waals surface area contributed by atoms with Gasteiger partial charge in [-0.15, -0.1) is 23.5 Å². The minimum atomic E-state index is -1.97. The molecule has 176 valence electrons. The molecule has 0 aromatic heterocycles. The van der Waals surface area contributed by atoms with Crippen LogP contribution in [0.25, 0.3) is 6.08 Å². The molecule has 3 rings (SSSR count). The molecule has 1 aromatic carbocycles. The summed E-state index contributed by atoms with van der Waals surface area (Å²) in [6, 6.07) is 10.5. The van der Waals surface area contributed by atoms with Gasteiger partial charge in [0, 0.05) is 18.9 Å². The molecule has 2 atom stereocenters. The quantitative estimate of drug-likeness (QED) is 0.282. The summed E-state index contributed by atoms with van der Waals surface area (Å²) in [6.45, 7) is 11.5. The Balaban J connectivity index is 1.84. The molecule has 3 nitrogen and oxygen atoms in total. The van der Waals surface area contributed by atoms with Crippen LogP contribution in [0.2, 0.25) is 18.1 Å². The number of hydrogen-bond acceptors (Lipinski definition) is 5. The van der Waals surface area contributed by atoms with E-state index >= 15 is 0 Å². The fourth-order valence-electron chi connectivity index (χ4n) is 3.75. The van der Waals surface area contributed by atoms with Gasteiger partial charge in [-0.1, -0.05) is 69.3 Å². The predicted molar refractivity (Wildman–Crippen MR) is 143 cm³/mol. The number of benzene rings is 1. The Labute approximate surface area is 203 Å². The number of thioether (sulfide) groups is 2. The molecular weight excluding hydrogens is 453 g/mol. The van der Waals surface area contributed by atoms with E-state index in [2.05, 4.69) is 76.3 Å². The van der Waals surface area contributed by atoms with E-state index in [9.17, 15) is 4.79 Å². The smallest absolute Gasteiger partial charge is 0.330 e. The number of hydrogen-bond donors (Lipinski definition) is 0. The predicted octanol–water partition coefficient (Wildman–Crippen LogP) is 7.31. The molecule has 2 heterocycles. The van der Waals surface area contributed by atoms with Gasteiger partial charge >= 0.3 is 5.97 Å². The molecule has 0 amide bonds. The van der Waals surface area contributed by atoms with Crippen molar-refractivity contribution in [3.63, 3.8) is 0 Å². The highest BCUT2D eigenvalue weighted by molar-refractivity contribution is 8.19. The molecule has 0 bridgehead atoms. The molecule has 2 aliphatic rings. The minimum absolute atomic E-state index is 0.0182. The molecule has 0 radical (unpaired) electrons. The Morgan fingerprint density at radius 1 is 1.22 bits per heavy atom. The van der Waals surface area contributed by atoms with Gasteiger partial charge in [0.25, 0.3) is 0 Å².